The maximum atomic E-state index is 12.2. The first kappa shape index (κ1) is 35.5. The Hall–Kier alpha value is -3.83. The molecule has 3 aromatic carbocycles. The minimum atomic E-state index is -4.48. The number of nitrogens with zero attached hydrogens (tertiary/aromatic N) is 2. The van der Waals surface area contributed by atoms with Crippen molar-refractivity contribution in [2.45, 2.75) is 64.3 Å². The second-order valence-electron chi connectivity index (χ2n) is 13.4. The Labute approximate surface area is 285 Å². The molecular weight excluding hydrogens is 645 g/mol. The van der Waals surface area contributed by atoms with Crippen LogP contribution in [0.1, 0.15) is 70.1 Å². The number of benzene rings is 3. The van der Waals surface area contributed by atoms with Crippen molar-refractivity contribution in [1.82, 2.24) is 0 Å². The highest BCUT2D eigenvalue weighted by molar-refractivity contribution is 7.86. The Kier molecular flexibility index (Phi) is 10.6. The molecular formula is C38H45N2O6S2+. The monoisotopic (exact) mass is 689 g/mol. The van der Waals surface area contributed by atoms with Crippen LogP contribution in [0.2, 0.25) is 0 Å². The summed E-state index contributed by atoms with van der Waals surface area (Å²) < 4.78 is 68.8. The zero-order valence-electron chi connectivity index (χ0n) is 28.0. The molecule has 0 fully saturated rings. The van der Waals surface area contributed by atoms with Gasteiger partial charge in [-0.3, -0.25) is 9.11 Å². The summed E-state index contributed by atoms with van der Waals surface area (Å²) in [4.78, 5) is 2.22. The number of hydrogen-bond donors (Lipinski definition) is 2. The van der Waals surface area contributed by atoms with Crippen LogP contribution >= 0.6 is 0 Å². The lowest BCUT2D eigenvalue weighted by atomic mass is 9.82. The van der Waals surface area contributed by atoms with Crippen LogP contribution in [0, 0.1) is 5.41 Å². The molecule has 2 N–H and O–H groups in total. The average Bonchev–Trinajstić information content (AvgIpc) is 3.33. The van der Waals surface area contributed by atoms with Crippen molar-refractivity contribution in [2.24, 2.45) is 5.41 Å². The fourth-order valence-corrected chi connectivity index (χ4v) is 7.35. The quantitative estimate of drug-likeness (QED) is 0.147. The first-order valence-corrected chi connectivity index (χ1v) is 19.5. The average molecular weight is 690 g/mol. The van der Waals surface area contributed by atoms with Crippen LogP contribution in [0.4, 0.5) is 11.4 Å². The SMILES string of the molecule is CCCCN(c1ccc(/C=C2\C(c3ccccc3)=[N+](CCCS(=O)(=O)O)c3ccc(S(=O)(=O)O)cc32)cc1)C1C=CC(C(C)(C)C)=CC1. The van der Waals surface area contributed by atoms with E-state index < -0.39 is 26.0 Å². The van der Waals surface area contributed by atoms with Crippen LogP contribution in [0.3, 0.4) is 0 Å². The third kappa shape index (κ3) is 8.41. The van der Waals surface area contributed by atoms with Crippen molar-refractivity contribution in [2.75, 3.05) is 23.7 Å². The maximum Gasteiger partial charge on any atom is 0.294 e. The largest absolute Gasteiger partial charge is 0.365 e. The molecule has 1 aliphatic carbocycles. The first-order valence-electron chi connectivity index (χ1n) is 16.4. The van der Waals surface area contributed by atoms with Crippen LogP contribution in [-0.2, 0) is 20.2 Å². The standard InChI is InChI=1S/C38H44N2O6S2/c1-5-6-23-39(32-19-15-30(16-20-32)38(2,3)4)31-17-13-28(14-18-31)26-35-34-27-33(48(44,45)46)21-22-36(34)40(24-10-25-47(41,42)43)37(35)29-11-8-7-9-12-29/h7-9,11-19,21-22,26-27,32H,5-6,10,20,23-25H2,1-4H3,(H-,41,42,43,44,45,46)/p+1. The van der Waals surface area contributed by atoms with Crippen LogP contribution in [0.5, 0.6) is 0 Å². The van der Waals surface area contributed by atoms with Gasteiger partial charge >= 0.3 is 0 Å². The second kappa shape index (κ2) is 14.3. The highest BCUT2D eigenvalue weighted by atomic mass is 32.2. The molecule has 3 aromatic rings. The molecule has 0 aromatic heterocycles. The van der Waals surface area contributed by atoms with E-state index in [1.807, 2.05) is 41.0 Å². The van der Waals surface area contributed by atoms with Gasteiger partial charge in [0.15, 0.2) is 6.54 Å². The van der Waals surface area contributed by atoms with E-state index in [0.717, 1.165) is 53.9 Å². The summed E-state index contributed by atoms with van der Waals surface area (Å²) in [6, 6.07) is 22.6. The lowest BCUT2D eigenvalue weighted by molar-refractivity contribution is -0.436. The Morgan fingerprint density at radius 1 is 0.938 bits per heavy atom. The van der Waals surface area contributed by atoms with E-state index in [9.17, 15) is 25.9 Å². The molecule has 1 unspecified atom stereocenters. The summed E-state index contributed by atoms with van der Waals surface area (Å²) in [6.45, 7) is 10.1. The van der Waals surface area contributed by atoms with Gasteiger partial charge in [-0.1, -0.05) is 82.7 Å². The van der Waals surface area contributed by atoms with Gasteiger partial charge in [0.1, 0.15) is 0 Å². The van der Waals surface area contributed by atoms with Crippen molar-refractivity contribution < 1.29 is 30.5 Å². The fraction of sp³-hybridized carbons (Fsp3) is 0.342. The molecule has 10 heteroatoms. The number of rotatable bonds is 12. The smallest absolute Gasteiger partial charge is 0.294 e. The maximum absolute atomic E-state index is 12.2. The van der Waals surface area contributed by atoms with Gasteiger partial charge in [-0.2, -0.15) is 21.4 Å². The zero-order valence-corrected chi connectivity index (χ0v) is 29.6. The number of fused-ring (bicyclic) bond motifs is 1. The molecule has 0 spiro atoms. The Morgan fingerprint density at radius 2 is 1.65 bits per heavy atom. The molecule has 5 rings (SSSR count). The molecule has 1 atom stereocenters. The molecule has 1 aliphatic heterocycles. The predicted octanol–water partition coefficient (Wildman–Crippen LogP) is 7.81. The number of hydrogen-bond acceptors (Lipinski definition) is 5. The third-order valence-corrected chi connectivity index (χ3v) is 10.5. The van der Waals surface area contributed by atoms with Crippen molar-refractivity contribution in [3.05, 3.63) is 113 Å². The summed E-state index contributed by atoms with van der Waals surface area (Å²) in [5.41, 5.74) is 7.11. The summed E-state index contributed by atoms with van der Waals surface area (Å²) in [6.07, 6.45) is 12.2. The number of unbranched alkanes of at least 4 members (excludes halogenated alkanes) is 1. The highest BCUT2D eigenvalue weighted by Crippen LogP contribution is 2.40. The number of allylic oxidation sites excluding steroid dienone is 3. The summed E-state index contributed by atoms with van der Waals surface area (Å²) in [7, 11) is -8.66. The van der Waals surface area contributed by atoms with Gasteiger partial charge in [0.25, 0.3) is 20.2 Å². The van der Waals surface area contributed by atoms with E-state index in [-0.39, 0.29) is 29.3 Å². The van der Waals surface area contributed by atoms with Crippen LogP contribution < -0.4 is 4.90 Å². The highest BCUT2D eigenvalue weighted by Gasteiger charge is 2.37. The Bertz CT molecular complexity index is 1990. The van der Waals surface area contributed by atoms with Crippen molar-refractivity contribution in [1.29, 1.82) is 0 Å². The van der Waals surface area contributed by atoms with Crippen molar-refractivity contribution in [3.8, 4) is 0 Å². The normalized spacial score (nSPS) is 17.5. The lowest BCUT2D eigenvalue weighted by Gasteiger charge is -2.34. The lowest BCUT2D eigenvalue weighted by Crippen LogP contribution is -2.35. The van der Waals surface area contributed by atoms with E-state index in [0.29, 0.717) is 11.3 Å². The molecule has 0 bridgehead atoms. The minimum Gasteiger partial charge on any atom is -0.365 e. The van der Waals surface area contributed by atoms with Crippen LogP contribution in [-0.4, -0.2) is 61.1 Å². The zero-order chi connectivity index (χ0) is 34.7. The van der Waals surface area contributed by atoms with E-state index >= 15 is 0 Å². The van der Waals surface area contributed by atoms with Gasteiger partial charge in [-0.25, -0.2) is 0 Å². The summed E-state index contributed by atoms with van der Waals surface area (Å²) in [5.74, 6) is -0.414. The molecule has 0 amide bonds. The van der Waals surface area contributed by atoms with Gasteiger partial charge in [-0.05, 0) is 71.9 Å². The summed E-state index contributed by atoms with van der Waals surface area (Å²) >= 11 is 0. The van der Waals surface area contributed by atoms with Crippen molar-refractivity contribution >= 4 is 49.0 Å². The molecule has 0 radical (unpaired) electrons. The molecule has 0 saturated carbocycles. The Morgan fingerprint density at radius 3 is 2.23 bits per heavy atom. The fourth-order valence-electron chi connectivity index (χ4n) is 6.35. The van der Waals surface area contributed by atoms with E-state index in [2.05, 4.69) is 75.1 Å². The minimum absolute atomic E-state index is 0.105. The molecule has 8 nitrogen and oxygen atoms in total. The van der Waals surface area contributed by atoms with E-state index in [1.54, 1.807) is 6.07 Å². The van der Waals surface area contributed by atoms with Gasteiger partial charge < -0.3 is 4.90 Å². The van der Waals surface area contributed by atoms with E-state index in [4.69, 9.17) is 0 Å². The number of anilines is 1. The van der Waals surface area contributed by atoms with Gasteiger partial charge in [0.05, 0.1) is 27.8 Å². The molecule has 1 heterocycles. The van der Waals surface area contributed by atoms with Crippen molar-refractivity contribution in [3.63, 3.8) is 0 Å². The Balaban J connectivity index is 1.57. The molecule has 254 valence electrons. The second-order valence-corrected chi connectivity index (χ2v) is 16.4. The molecule has 0 saturated heterocycles. The summed E-state index contributed by atoms with van der Waals surface area (Å²) in [5, 5.41) is 0. The first-order chi connectivity index (χ1) is 22.7. The van der Waals surface area contributed by atoms with Crippen LogP contribution in [0.15, 0.2) is 101 Å². The van der Waals surface area contributed by atoms with Crippen LogP contribution in [0.25, 0.3) is 11.6 Å². The van der Waals surface area contributed by atoms with Gasteiger partial charge in [-0.15, -0.1) is 0 Å². The molecule has 2 aliphatic rings. The molecule has 48 heavy (non-hydrogen) atoms. The van der Waals surface area contributed by atoms with Gasteiger partial charge in [0, 0.05) is 30.3 Å². The topological polar surface area (TPSA) is 115 Å². The van der Waals surface area contributed by atoms with E-state index in [1.165, 1.54) is 17.7 Å². The third-order valence-electron chi connectivity index (χ3n) is 8.83. The predicted molar refractivity (Wildman–Crippen MR) is 194 cm³/mol. The van der Waals surface area contributed by atoms with Gasteiger partial charge in [0.2, 0.25) is 11.4 Å².